The average Bonchev–Trinajstić information content (AvgIpc) is 2.35. The third kappa shape index (κ3) is 3.56. The molecule has 0 unspecified atom stereocenters. The predicted molar refractivity (Wildman–Crippen MR) is 86.3 cm³/mol. The highest BCUT2D eigenvalue weighted by Crippen LogP contribution is 2.21. The maximum atomic E-state index is 12.1. The number of hydrogen-bond acceptors (Lipinski definition) is 1. The SMILES string of the molecule is O=C(Cc1ccc(Br)cc1)c1ccc(I)c(Cl)c1. The monoisotopic (exact) mass is 434 g/mol. The summed E-state index contributed by atoms with van der Waals surface area (Å²) < 4.78 is 1.96. The van der Waals surface area contributed by atoms with E-state index >= 15 is 0 Å². The van der Waals surface area contributed by atoms with Gasteiger partial charge in [0.2, 0.25) is 0 Å². The van der Waals surface area contributed by atoms with Crippen molar-refractivity contribution < 1.29 is 4.79 Å². The number of rotatable bonds is 3. The maximum absolute atomic E-state index is 12.1. The Kier molecular flexibility index (Phi) is 4.81. The van der Waals surface area contributed by atoms with E-state index in [2.05, 4.69) is 38.5 Å². The highest BCUT2D eigenvalue weighted by Gasteiger charge is 2.09. The number of carbonyl (C=O) groups excluding carboxylic acids is 1. The molecule has 0 spiro atoms. The molecule has 4 heteroatoms. The molecule has 0 heterocycles. The van der Waals surface area contributed by atoms with Crippen molar-refractivity contribution >= 4 is 55.9 Å². The number of ketones is 1. The first kappa shape index (κ1) is 14.0. The molecule has 92 valence electrons. The molecule has 0 aliphatic heterocycles. The highest BCUT2D eigenvalue weighted by molar-refractivity contribution is 14.1. The van der Waals surface area contributed by atoms with E-state index in [9.17, 15) is 4.79 Å². The van der Waals surface area contributed by atoms with Gasteiger partial charge in [0.1, 0.15) is 0 Å². The van der Waals surface area contributed by atoms with Gasteiger partial charge in [0.25, 0.3) is 0 Å². The second-order valence-electron chi connectivity index (χ2n) is 3.86. The second kappa shape index (κ2) is 6.17. The Labute approximate surface area is 133 Å². The topological polar surface area (TPSA) is 17.1 Å². The van der Waals surface area contributed by atoms with Crippen molar-refractivity contribution in [3.63, 3.8) is 0 Å². The molecule has 0 radical (unpaired) electrons. The molecular weight excluding hydrogens is 426 g/mol. The largest absolute Gasteiger partial charge is 0.294 e. The number of halogens is 3. The minimum atomic E-state index is 0.0793. The summed E-state index contributed by atoms with van der Waals surface area (Å²) in [4.78, 5) is 12.1. The minimum Gasteiger partial charge on any atom is -0.294 e. The van der Waals surface area contributed by atoms with Crippen LogP contribution in [0.25, 0.3) is 0 Å². The number of Topliss-reactive ketones (excluding diaryl/α,β-unsaturated/α-hetero) is 1. The lowest BCUT2D eigenvalue weighted by Gasteiger charge is -2.03. The van der Waals surface area contributed by atoms with Crippen molar-refractivity contribution in [2.45, 2.75) is 6.42 Å². The van der Waals surface area contributed by atoms with Gasteiger partial charge in [-0.25, -0.2) is 0 Å². The standard InChI is InChI=1S/C14H9BrClIO/c15-11-4-1-9(2-5-11)7-14(18)10-3-6-13(17)12(16)8-10/h1-6,8H,7H2. The molecule has 0 aromatic heterocycles. The number of hydrogen-bond donors (Lipinski definition) is 0. The Balaban J connectivity index is 2.16. The quantitative estimate of drug-likeness (QED) is 0.482. The first-order valence-corrected chi connectivity index (χ1v) is 7.54. The molecule has 0 aliphatic rings. The molecule has 0 N–H and O–H groups in total. The van der Waals surface area contributed by atoms with E-state index in [4.69, 9.17) is 11.6 Å². The van der Waals surface area contributed by atoms with Crippen LogP contribution in [-0.4, -0.2) is 5.78 Å². The Morgan fingerprint density at radius 2 is 1.83 bits per heavy atom. The minimum absolute atomic E-state index is 0.0793. The molecular formula is C14H9BrClIO. The summed E-state index contributed by atoms with van der Waals surface area (Å²) in [5, 5.41) is 0.622. The molecule has 2 rings (SSSR count). The van der Waals surface area contributed by atoms with Crippen molar-refractivity contribution in [3.8, 4) is 0 Å². The molecule has 18 heavy (non-hydrogen) atoms. The summed E-state index contributed by atoms with van der Waals surface area (Å²) in [5.41, 5.74) is 1.65. The van der Waals surface area contributed by atoms with Crippen molar-refractivity contribution in [1.29, 1.82) is 0 Å². The molecule has 0 saturated heterocycles. The second-order valence-corrected chi connectivity index (χ2v) is 6.34. The van der Waals surface area contributed by atoms with E-state index in [0.717, 1.165) is 13.6 Å². The Bertz CT molecular complexity index is 581. The van der Waals surface area contributed by atoms with Gasteiger partial charge >= 0.3 is 0 Å². The molecule has 0 atom stereocenters. The normalized spacial score (nSPS) is 10.4. The van der Waals surface area contributed by atoms with Gasteiger partial charge in [-0.15, -0.1) is 0 Å². The van der Waals surface area contributed by atoms with Crippen LogP contribution in [0.3, 0.4) is 0 Å². The molecule has 0 saturated carbocycles. The molecule has 0 aliphatic carbocycles. The van der Waals surface area contributed by atoms with Crippen LogP contribution >= 0.6 is 50.1 Å². The summed E-state index contributed by atoms with van der Waals surface area (Å²) in [6, 6.07) is 13.1. The Morgan fingerprint density at radius 3 is 2.44 bits per heavy atom. The first-order valence-electron chi connectivity index (χ1n) is 5.29. The van der Waals surface area contributed by atoms with Crippen LogP contribution in [-0.2, 0) is 6.42 Å². The summed E-state index contributed by atoms with van der Waals surface area (Å²) in [6.07, 6.45) is 0.393. The van der Waals surface area contributed by atoms with Gasteiger partial charge in [0, 0.05) is 20.0 Å². The predicted octanol–water partition coefficient (Wildman–Crippen LogP) is 5.13. The summed E-state index contributed by atoms with van der Waals surface area (Å²) in [7, 11) is 0. The smallest absolute Gasteiger partial charge is 0.167 e. The van der Waals surface area contributed by atoms with Gasteiger partial charge in [-0.05, 0) is 52.4 Å². The molecule has 2 aromatic carbocycles. The van der Waals surface area contributed by atoms with E-state index in [1.807, 2.05) is 36.4 Å². The van der Waals surface area contributed by atoms with Crippen molar-refractivity contribution in [2.75, 3.05) is 0 Å². The lowest BCUT2D eigenvalue weighted by Crippen LogP contribution is -2.03. The highest BCUT2D eigenvalue weighted by atomic mass is 127. The van der Waals surface area contributed by atoms with Crippen LogP contribution in [0.4, 0.5) is 0 Å². The van der Waals surface area contributed by atoms with Gasteiger partial charge in [-0.2, -0.15) is 0 Å². The van der Waals surface area contributed by atoms with Crippen LogP contribution in [0.15, 0.2) is 46.9 Å². The van der Waals surface area contributed by atoms with Crippen molar-refractivity contribution in [3.05, 3.63) is 66.7 Å². The van der Waals surface area contributed by atoms with Gasteiger partial charge in [0.15, 0.2) is 5.78 Å². The molecule has 1 nitrogen and oxygen atoms in total. The summed E-state index contributed by atoms with van der Waals surface area (Å²) >= 11 is 11.5. The number of carbonyl (C=O) groups is 1. The zero-order valence-corrected chi connectivity index (χ0v) is 13.8. The Morgan fingerprint density at radius 1 is 1.17 bits per heavy atom. The van der Waals surface area contributed by atoms with E-state index in [1.54, 1.807) is 6.07 Å². The van der Waals surface area contributed by atoms with Gasteiger partial charge in [-0.3, -0.25) is 4.79 Å². The third-order valence-electron chi connectivity index (χ3n) is 2.52. The first-order chi connectivity index (χ1) is 8.56. The fourth-order valence-corrected chi connectivity index (χ4v) is 2.34. The van der Waals surface area contributed by atoms with Crippen LogP contribution in [0.2, 0.25) is 5.02 Å². The maximum Gasteiger partial charge on any atom is 0.167 e. The molecule has 0 amide bonds. The van der Waals surface area contributed by atoms with E-state index in [0.29, 0.717) is 17.0 Å². The van der Waals surface area contributed by atoms with E-state index < -0.39 is 0 Å². The van der Waals surface area contributed by atoms with Gasteiger partial charge < -0.3 is 0 Å². The average molecular weight is 435 g/mol. The van der Waals surface area contributed by atoms with Gasteiger partial charge in [0.05, 0.1) is 5.02 Å². The van der Waals surface area contributed by atoms with Crippen LogP contribution < -0.4 is 0 Å². The number of benzene rings is 2. The van der Waals surface area contributed by atoms with Crippen LogP contribution in [0.5, 0.6) is 0 Å². The lowest BCUT2D eigenvalue weighted by atomic mass is 10.0. The fourth-order valence-electron chi connectivity index (χ4n) is 1.56. The molecule has 0 bridgehead atoms. The fraction of sp³-hybridized carbons (Fsp3) is 0.0714. The third-order valence-corrected chi connectivity index (χ3v) is 4.62. The van der Waals surface area contributed by atoms with Gasteiger partial charge in [-0.1, -0.05) is 45.7 Å². The van der Waals surface area contributed by atoms with E-state index in [-0.39, 0.29) is 5.78 Å². The molecule has 2 aromatic rings. The van der Waals surface area contributed by atoms with Crippen LogP contribution in [0, 0.1) is 3.57 Å². The summed E-state index contributed by atoms with van der Waals surface area (Å²) in [6.45, 7) is 0. The summed E-state index contributed by atoms with van der Waals surface area (Å²) in [5.74, 6) is 0.0793. The van der Waals surface area contributed by atoms with Crippen LogP contribution in [0.1, 0.15) is 15.9 Å². The van der Waals surface area contributed by atoms with Crippen molar-refractivity contribution in [1.82, 2.24) is 0 Å². The zero-order chi connectivity index (χ0) is 13.1. The molecule has 0 fully saturated rings. The Hall–Kier alpha value is -0.390. The zero-order valence-electron chi connectivity index (χ0n) is 9.29. The van der Waals surface area contributed by atoms with E-state index in [1.165, 1.54) is 0 Å². The van der Waals surface area contributed by atoms with Crippen molar-refractivity contribution in [2.24, 2.45) is 0 Å². The lowest BCUT2D eigenvalue weighted by molar-refractivity contribution is 0.0993.